The fourth-order valence-electron chi connectivity index (χ4n) is 3.56. The Kier molecular flexibility index (Phi) is 8.92. The zero-order chi connectivity index (χ0) is 23.0. The second-order valence-electron chi connectivity index (χ2n) is 7.77. The molecule has 0 aliphatic carbocycles. The first-order chi connectivity index (χ1) is 14.7. The van der Waals surface area contributed by atoms with Crippen molar-refractivity contribution in [2.75, 3.05) is 35.1 Å². The maximum atomic E-state index is 12.3. The lowest BCUT2D eigenvalue weighted by molar-refractivity contribution is -0.121. The zero-order valence-electron chi connectivity index (χ0n) is 19.3. The summed E-state index contributed by atoms with van der Waals surface area (Å²) in [5, 5.41) is 2.93. The van der Waals surface area contributed by atoms with Crippen LogP contribution in [0.1, 0.15) is 43.4 Å². The Morgan fingerprint density at radius 2 is 1.65 bits per heavy atom. The van der Waals surface area contributed by atoms with Crippen LogP contribution in [-0.4, -0.2) is 40.2 Å². The number of nitrogens with one attached hydrogen (secondary N) is 1. The van der Waals surface area contributed by atoms with E-state index in [-0.39, 0.29) is 18.9 Å². The van der Waals surface area contributed by atoms with Gasteiger partial charge in [0.1, 0.15) is 0 Å². The fourth-order valence-corrected chi connectivity index (χ4v) is 4.57. The number of nitrogens with zero attached hydrogens (tertiary/aromatic N) is 2. The molecule has 7 heteroatoms. The summed E-state index contributed by atoms with van der Waals surface area (Å²) < 4.78 is 26.0. The number of amides is 1. The molecule has 1 amide bonds. The van der Waals surface area contributed by atoms with E-state index in [0.717, 1.165) is 29.8 Å². The number of hydrogen-bond donors (Lipinski definition) is 1. The molecule has 6 nitrogen and oxygen atoms in total. The van der Waals surface area contributed by atoms with Gasteiger partial charge in [-0.1, -0.05) is 24.3 Å². The average Bonchev–Trinajstić information content (AvgIpc) is 2.73. The molecular weight excluding hydrogens is 410 g/mol. The van der Waals surface area contributed by atoms with E-state index in [9.17, 15) is 13.2 Å². The molecule has 0 saturated carbocycles. The predicted molar refractivity (Wildman–Crippen MR) is 129 cm³/mol. The van der Waals surface area contributed by atoms with E-state index in [4.69, 9.17) is 0 Å². The second-order valence-corrected chi connectivity index (χ2v) is 9.68. The van der Waals surface area contributed by atoms with Gasteiger partial charge in [-0.25, -0.2) is 8.42 Å². The molecule has 0 bridgehead atoms. The quantitative estimate of drug-likeness (QED) is 0.567. The minimum atomic E-state index is -3.43. The standard InChI is InChI=1S/C24H35N3O3S/c1-6-26(7-2)22-15-13-21(14-16-22)18-25-24(28)12-9-17-27(31(5,29)30)23-11-8-10-19(3)20(23)4/h8,10-11,13-16H,6-7,9,12,17-18H2,1-5H3,(H,25,28). The van der Waals surface area contributed by atoms with E-state index in [2.05, 4.69) is 36.2 Å². The number of aryl methyl sites for hydroxylation is 1. The van der Waals surface area contributed by atoms with Gasteiger partial charge in [-0.05, 0) is 69.0 Å². The van der Waals surface area contributed by atoms with Crippen LogP contribution < -0.4 is 14.5 Å². The van der Waals surface area contributed by atoms with Gasteiger partial charge in [-0.2, -0.15) is 0 Å². The van der Waals surface area contributed by atoms with Gasteiger partial charge in [0.25, 0.3) is 0 Å². The van der Waals surface area contributed by atoms with Gasteiger partial charge < -0.3 is 10.2 Å². The topological polar surface area (TPSA) is 69.7 Å². The van der Waals surface area contributed by atoms with Crippen LogP contribution in [0, 0.1) is 13.8 Å². The van der Waals surface area contributed by atoms with Crippen molar-refractivity contribution < 1.29 is 13.2 Å². The van der Waals surface area contributed by atoms with Crippen LogP contribution in [0.4, 0.5) is 11.4 Å². The zero-order valence-corrected chi connectivity index (χ0v) is 20.1. The molecule has 0 fully saturated rings. The molecule has 0 unspecified atom stereocenters. The molecule has 2 aromatic rings. The summed E-state index contributed by atoms with van der Waals surface area (Å²) in [4.78, 5) is 14.6. The predicted octanol–water partition coefficient (Wildman–Crippen LogP) is 4.01. The van der Waals surface area contributed by atoms with Crippen molar-refractivity contribution in [3.63, 3.8) is 0 Å². The van der Waals surface area contributed by atoms with Crippen molar-refractivity contribution in [3.8, 4) is 0 Å². The first-order valence-electron chi connectivity index (χ1n) is 10.8. The van der Waals surface area contributed by atoms with Crippen molar-refractivity contribution >= 4 is 27.3 Å². The van der Waals surface area contributed by atoms with Crippen LogP contribution in [0.15, 0.2) is 42.5 Å². The summed E-state index contributed by atoms with van der Waals surface area (Å²) in [7, 11) is -3.43. The Balaban J connectivity index is 1.89. The second kappa shape index (κ2) is 11.2. The third-order valence-electron chi connectivity index (χ3n) is 5.56. The highest BCUT2D eigenvalue weighted by atomic mass is 32.2. The maximum absolute atomic E-state index is 12.3. The summed E-state index contributed by atoms with van der Waals surface area (Å²) in [6.45, 7) is 10.8. The monoisotopic (exact) mass is 445 g/mol. The van der Waals surface area contributed by atoms with E-state index in [0.29, 0.717) is 18.7 Å². The van der Waals surface area contributed by atoms with Crippen molar-refractivity contribution in [2.45, 2.75) is 47.1 Å². The van der Waals surface area contributed by atoms with Crippen LogP contribution in [0.2, 0.25) is 0 Å². The molecule has 0 aliphatic rings. The summed E-state index contributed by atoms with van der Waals surface area (Å²) in [6, 6.07) is 13.8. The Morgan fingerprint density at radius 1 is 1.00 bits per heavy atom. The Hall–Kier alpha value is -2.54. The highest BCUT2D eigenvalue weighted by Crippen LogP contribution is 2.25. The normalized spacial score (nSPS) is 11.3. The molecule has 0 saturated heterocycles. The molecule has 2 rings (SSSR count). The maximum Gasteiger partial charge on any atom is 0.232 e. The van der Waals surface area contributed by atoms with Crippen LogP contribution in [0.25, 0.3) is 0 Å². The molecule has 31 heavy (non-hydrogen) atoms. The van der Waals surface area contributed by atoms with Crippen molar-refractivity contribution in [1.29, 1.82) is 0 Å². The van der Waals surface area contributed by atoms with Gasteiger partial charge in [-0.15, -0.1) is 0 Å². The lowest BCUT2D eigenvalue weighted by Crippen LogP contribution is -2.32. The number of rotatable bonds is 11. The summed E-state index contributed by atoms with van der Waals surface area (Å²) >= 11 is 0. The Labute approximate surface area is 187 Å². The van der Waals surface area contributed by atoms with E-state index in [1.165, 1.54) is 16.2 Å². The number of carbonyl (C=O) groups excluding carboxylic acids is 1. The van der Waals surface area contributed by atoms with Crippen LogP contribution >= 0.6 is 0 Å². The van der Waals surface area contributed by atoms with Crippen molar-refractivity contribution in [3.05, 3.63) is 59.2 Å². The Morgan fingerprint density at radius 3 is 2.23 bits per heavy atom. The molecule has 0 atom stereocenters. The lowest BCUT2D eigenvalue weighted by Gasteiger charge is -2.25. The van der Waals surface area contributed by atoms with Crippen LogP contribution in [0.3, 0.4) is 0 Å². The smallest absolute Gasteiger partial charge is 0.232 e. The first-order valence-corrected chi connectivity index (χ1v) is 12.7. The molecule has 170 valence electrons. The largest absolute Gasteiger partial charge is 0.372 e. The van der Waals surface area contributed by atoms with E-state index < -0.39 is 10.0 Å². The molecule has 0 radical (unpaired) electrons. The van der Waals surface area contributed by atoms with Gasteiger partial charge in [0.05, 0.1) is 11.9 Å². The molecule has 0 spiro atoms. The van der Waals surface area contributed by atoms with E-state index >= 15 is 0 Å². The summed E-state index contributed by atoms with van der Waals surface area (Å²) in [5.74, 6) is -0.0813. The van der Waals surface area contributed by atoms with Gasteiger partial charge in [0.2, 0.25) is 15.9 Å². The summed E-state index contributed by atoms with van der Waals surface area (Å²) in [5.41, 5.74) is 4.86. The van der Waals surface area contributed by atoms with Gasteiger partial charge in [0, 0.05) is 38.3 Å². The molecule has 2 aromatic carbocycles. The molecular formula is C24H35N3O3S. The average molecular weight is 446 g/mol. The number of carbonyl (C=O) groups is 1. The molecule has 0 heterocycles. The van der Waals surface area contributed by atoms with Gasteiger partial charge in [-0.3, -0.25) is 9.10 Å². The fraction of sp³-hybridized carbons (Fsp3) is 0.458. The number of hydrogen-bond acceptors (Lipinski definition) is 4. The van der Waals surface area contributed by atoms with E-state index in [1.54, 1.807) is 0 Å². The molecule has 0 aliphatic heterocycles. The highest BCUT2D eigenvalue weighted by molar-refractivity contribution is 7.92. The van der Waals surface area contributed by atoms with Crippen LogP contribution in [0.5, 0.6) is 0 Å². The number of anilines is 2. The van der Waals surface area contributed by atoms with E-state index in [1.807, 2.05) is 44.2 Å². The SMILES string of the molecule is CCN(CC)c1ccc(CNC(=O)CCCN(c2cccc(C)c2C)S(C)(=O)=O)cc1. The molecule has 0 aromatic heterocycles. The Bertz CT molecular complexity index is 968. The molecule has 1 N–H and O–H groups in total. The highest BCUT2D eigenvalue weighted by Gasteiger charge is 2.19. The minimum absolute atomic E-state index is 0.0813. The van der Waals surface area contributed by atoms with Gasteiger partial charge >= 0.3 is 0 Å². The lowest BCUT2D eigenvalue weighted by atomic mass is 10.1. The van der Waals surface area contributed by atoms with Crippen LogP contribution in [-0.2, 0) is 21.4 Å². The van der Waals surface area contributed by atoms with Crippen molar-refractivity contribution in [1.82, 2.24) is 5.32 Å². The third kappa shape index (κ3) is 6.99. The third-order valence-corrected chi connectivity index (χ3v) is 6.74. The summed E-state index contributed by atoms with van der Waals surface area (Å²) in [6.07, 6.45) is 1.93. The van der Waals surface area contributed by atoms with Gasteiger partial charge in [0.15, 0.2) is 0 Å². The number of benzene rings is 2. The minimum Gasteiger partial charge on any atom is -0.372 e. The number of sulfonamides is 1. The van der Waals surface area contributed by atoms with Crippen molar-refractivity contribution in [2.24, 2.45) is 0 Å². The first kappa shape index (κ1) is 24.7.